The molecular formula is C12H18BrNO3S. The summed E-state index contributed by atoms with van der Waals surface area (Å²) in [5.74, 6) is 0.901. The number of nitrogens with one attached hydrogen (secondary N) is 1. The molecule has 4 nitrogen and oxygen atoms in total. The van der Waals surface area contributed by atoms with E-state index in [1.54, 1.807) is 6.92 Å². The summed E-state index contributed by atoms with van der Waals surface area (Å²) < 4.78 is 29.2. The molecule has 1 rings (SSSR count). The van der Waals surface area contributed by atoms with Gasteiger partial charge in [0.1, 0.15) is 12.4 Å². The molecule has 1 N–H and O–H groups in total. The number of benzene rings is 1. The molecule has 6 heteroatoms. The average molecular weight is 336 g/mol. The van der Waals surface area contributed by atoms with Gasteiger partial charge in [0.05, 0.1) is 10.2 Å². The lowest BCUT2D eigenvalue weighted by Gasteiger charge is -2.13. The van der Waals surface area contributed by atoms with Crippen LogP contribution in [-0.4, -0.2) is 33.6 Å². The van der Waals surface area contributed by atoms with Gasteiger partial charge in [-0.1, -0.05) is 19.1 Å². The highest BCUT2D eigenvalue weighted by Crippen LogP contribution is 2.29. The molecule has 0 bridgehead atoms. The third kappa shape index (κ3) is 4.59. The van der Waals surface area contributed by atoms with E-state index in [2.05, 4.69) is 21.2 Å². The summed E-state index contributed by atoms with van der Waals surface area (Å²) >= 11 is 3.41. The van der Waals surface area contributed by atoms with Crippen molar-refractivity contribution in [1.82, 2.24) is 5.32 Å². The van der Waals surface area contributed by atoms with Crippen LogP contribution < -0.4 is 10.1 Å². The Morgan fingerprint density at radius 2 is 2.11 bits per heavy atom. The number of rotatable bonds is 7. The number of ether oxygens (including phenoxy) is 1. The quantitative estimate of drug-likeness (QED) is 0.827. The molecule has 0 saturated carbocycles. The molecule has 0 unspecified atom stereocenters. The first-order valence-corrected chi connectivity index (χ1v) is 8.37. The molecule has 0 atom stereocenters. The molecule has 1 aromatic rings. The Morgan fingerprint density at radius 1 is 1.39 bits per heavy atom. The summed E-state index contributed by atoms with van der Waals surface area (Å²) in [6, 6.07) is 5.75. The van der Waals surface area contributed by atoms with Crippen LogP contribution >= 0.6 is 15.9 Å². The van der Waals surface area contributed by atoms with Gasteiger partial charge in [0.2, 0.25) is 0 Å². The van der Waals surface area contributed by atoms with E-state index >= 15 is 0 Å². The molecule has 0 radical (unpaired) electrons. The average Bonchev–Trinajstić information content (AvgIpc) is 2.33. The van der Waals surface area contributed by atoms with Crippen molar-refractivity contribution in [3.05, 3.63) is 28.2 Å². The molecule has 0 aromatic heterocycles. The SMILES string of the molecule is CCS(=O)(=O)CCOc1c(Br)cccc1CNC. The van der Waals surface area contributed by atoms with E-state index in [1.165, 1.54) is 0 Å². The number of para-hydroxylation sites is 1. The van der Waals surface area contributed by atoms with Gasteiger partial charge in [0.25, 0.3) is 0 Å². The Balaban J connectivity index is 2.72. The molecule has 0 fully saturated rings. The van der Waals surface area contributed by atoms with Crippen LogP contribution in [0.2, 0.25) is 0 Å². The van der Waals surface area contributed by atoms with Crippen LogP contribution in [0.15, 0.2) is 22.7 Å². The highest BCUT2D eigenvalue weighted by atomic mass is 79.9. The standard InChI is InChI=1S/C12H18BrNO3S/c1-3-18(15,16)8-7-17-12-10(9-14-2)5-4-6-11(12)13/h4-6,14H,3,7-9H2,1-2H3. The lowest BCUT2D eigenvalue weighted by atomic mass is 10.2. The molecule has 0 aliphatic carbocycles. The second kappa shape index (κ2) is 7.11. The van der Waals surface area contributed by atoms with Crippen molar-refractivity contribution in [2.75, 3.05) is 25.2 Å². The predicted octanol–water partition coefficient (Wildman–Crippen LogP) is 1.98. The zero-order valence-electron chi connectivity index (χ0n) is 10.6. The van der Waals surface area contributed by atoms with Crippen molar-refractivity contribution in [3.8, 4) is 5.75 Å². The zero-order valence-corrected chi connectivity index (χ0v) is 13.0. The summed E-state index contributed by atoms with van der Waals surface area (Å²) in [5.41, 5.74) is 1.00. The van der Waals surface area contributed by atoms with Crippen LogP contribution in [0.1, 0.15) is 12.5 Å². The lowest BCUT2D eigenvalue weighted by molar-refractivity contribution is 0.334. The van der Waals surface area contributed by atoms with Crippen molar-refractivity contribution >= 4 is 25.8 Å². The molecule has 0 aliphatic heterocycles. The molecular weight excluding hydrogens is 318 g/mol. The van der Waals surface area contributed by atoms with Gasteiger partial charge >= 0.3 is 0 Å². The number of hydrogen-bond acceptors (Lipinski definition) is 4. The Labute approximate surface area is 117 Å². The summed E-state index contributed by atoms with van der Waals surface area (Å²) in [6.07, 6.45) is 0. The van der Waals surface area contributed by atoms with Crippen molar-refractivity contribution in [2.24, 2.45) is 0 Å². The summed E-state index contributed by atoms with van der Waals surface area (Å²) in [4.78, 5) is 0. The van der Waals surface area contributed by atoms with E-state index in [-0.39, 0.29) is 18.1 Å². The van der Waals surface area contributed by atoms with E-state index in [1.807, 2.05) is 25.2 Å². The summed E-state index contributed by atoms with van der Waals surface area (Å²) in [6.45, 7) is 2.49. The van der Waals surface area contributed by atoms with E-state index in [4.69, 9.17) is 4.74 Å². The number of sulfone groups is 1. The van der Waals surface area contributed by atoms with E-state index in [9.17, 15) is 8.42 Å². The van der Waals surface area contributed by atoms with Gasteiger partial charge in [-0.3, -0.25) is 0 Å². The van der Waals surface area contributed by atoms with Crippen LogP contribution in [0.5, 0.6) is 5.75 Å². The zero-order chi connectivity index (χ0) is 13.6. The van der Waals surface area contributed by atoms with Crippen LogP contribution in [0.4, 0.5) is 0 Å². The molecule has 1 aromatic carbocycles. The van der Waals surface area contributed by atoms with E-state index in [0.717, 1.165) is 10.0 Å². The van der Waals surface area contributed by atoms with Crippen molar-refractivity contribution in [3.63, 3.8) is 0 Å². The Kier molecular flexibility index (Phi) is 6.11. The van der Waals surface area contributed by atoms with Crippen molar-refractivity contribution < 1.29 is 13.2 Å². The third-order valence-corrected chi connectivity index (χ3v) is 4.79. The minimum atomic E-state index is -2.98. The van der Waals surface area contributed by atoms with Crippen molar-refractivity contribution in [1.29, 1.82) is 0 Å². The molecule has 0 spiro atoms. The first-order chi connectivity index (χ1) is 8.50. The third-order valence-electron chi connectivity index (χ3n) is 2.50. The lowest BCUT2D eigenvalue weighted by Crippen LogP contribution is -2.17. The maximum Gasteiger partial charge on any atom is 0.153 e. The first kappa shape index (κ1) is 15.5. The molecule has 0 amide bonds. The maximum absolute atomic E-state index is 11.4. The summed E-state index contributed by atoms with van der Waals surface area (Å²) in [5, 5.41) is 3.05. The smallest absolute Gasteiger partial charge is 0.153 e. The van der Waals surface area contributed by atoms with Gasteiger partial charge in [-0.25, -0.2) is 8.42 Å². The van der Waals surface area contributed by atoms with Gasteiger partial charge in [-0.15, -0.1) is 0 Å². The largest absolute Gasteiger partial charge is 0.491 e. The Hall–Kier alpha value is -0.590. The molecule has 102 valence electrons. The number of halogens is 1. The fraction of sp³-hybridized carbons (Fsp3) is 0.500. The predicted molar refractivity (Wildman–Crippen MR) is 76.7 cm³/mol. The van der Waals surface area contributed by atoms with Crippen LogP contribution in [0.25, 0.3) is 0 Å². The second-order valence-electron chi connectivity index (χ2n) is 3.84. The molecule has 18 heavy (non-hydrogen) atoms. The van der Waals surface area contributed by atoms with Crippen LogP contribution in [-0.2, 0) is 16.4 Å². The minimum absolute atomic E-state index is 0.0455. The first-order valence-electron chi connectivity index (χ1n) is 5.75. The molecule has 0 heterocycles. The number of hydrogen-bond donors (Lipinski definition) is 1. The minimum Gasteiger partial charge on any atom is -0.491 e. The van der Waals surface area contributed by atoms with E-state index < -0.39 is 9.84 Å². The second-order valence-corrected chi connectivity index (χ2v) is 7.17. The van der Waals surface area contributed by atoms with Gasteiger partial charge in [-0.05, 0) is 29.0 Å². The normalized spacial score (nSPS) is 11.5. The maximum atomic E-state index is 11.4. The highest BCUT2D eigenvalue weighted by Gasteiger charge is 2.11. The van der Waals surface area contributed by atoms with Crippen molar-refractivity contribution in [2.45, 2.75) is 13.5 Å². The Morgan fingerprint density at radius 3 is 2.72 bits per heavy atom. The molecule has 0 aliphatic rings. The van der Waals surface area contributed by atoms with Gasteiger partial charge in [-0.2, -0.15) is 0 Å². The topological polar surface area (TPSA) is 55.4 Å². The highest BCUT2D eigenvalue weighted by molar-refractivity contribution is 9.10. The van der Waals surface area contributed by atoms with E-state index in [0.29, 0.717) is 12.3 Å². The monoisotopic (exact) mass is 335 g/mol. The fourth-order valence-corrected chi connectivity index (χ4v) is 2.61. The summed E-state index contributed by atoms with van der Waals surface area (Å²) in [7, 11) is -1.13. The fourth-order valence-electron chi connectivity index (χ4n) is 1.46. The van der Waals surface area contributed by atoms with Gasteiger partial charge in [0.15, 0.2) is 9.84 Å². The van der Waals surface area contributed by atoms with Crippen LogP contribution in [0, 0.1) is 0 Å². The van der Waals surface area contributed by atoms with Crippen LogP contribution in [0.3, 0.4) is 0 Å². The van der Waals surface area contributed by atoms with Gasteiger partial charge < -0.3 is 10.1 Å². The Bertz CT molecular complexity index is 488. The van der Waals surface area contributed by atoms with Gasteiger partial charge in [0, 0.05) is 17.9 Å². The molecule has 0 saturated heterocycles.